The van der Waals surface area contributed by atoms with Crippen molar-refractivity contribution in [1.82, 2.24) is 9.88 Å². The van der Waals surface area contributed by atoms with E-state index < -0.39 is 0 Å². The van der Waals surface area contributed by atoms with Crippen molar-refractivity contribution in [1.29, 1.82) is 0 Å². The standard InChI is InChI=1S/C15H22N4O2/c1-18-6-8-19(9-7-18)14-5-4-12(11-16-14)17-15(20)13-3-2-10-21-13/h4-5,11,13H,2-3,6-10H2,1H3,(H,17,20)/t13-/m1/s1. The van der Waals surface area contributed by atoms with Gasteiger partial charge in [0, 0.05) is 32.8 Å². The third-order valence-electron chi connectivity index (χ3n) is 4.06. The van der Waals surface area contributed by atoms with Crippen molar-refractivity contribution < 1.29 is 9.53 Å². The van der Waals surface area contributed by atoms with Gasteiger partial charge in [-0.05, 0) is 32.0 Å². The second kappa shape index (κ2) is 6.41. The first-order valence-electron chi connectivity index (χ1n) is 7.54. The molecule has 3 rings (SSSR count). The lowest BCUT2D eigenvalue weighted by molar-refractivity contribution is -0.124. The van der Waals surface area contributed by atoms with Crippen molar-refractivity contribution in [2.24, 2.45) is 0 Å². The summed E-state index contributed by atoms with van der Waals surface area (Å²) in [6.45, 7) is 4.77. The van der Waals surface area contributed by atoms with Gasteiger partial charge in [0.05, 0.1) is 11.9 Å². The molecule has 6 nitrogen and oxygen atoms in total. The molecule has 1 atom stereocenters. The van der Waals surface area contributed by atoms with Crippen molar-refractivity contribution in [3.05, 3.63) is 18.3 Å². The number of piperazine rings is 1. The zero-order valence-electron chi connectivity index (χ0n) is 12.4. The summed E-state index contributed by atoms with van der Waals surface area (Å²) >= 11 is 0. The Hall–Kier alpha value is -1.66. The van der Waals surface area contributed by atoms with E-state index in [0.717, 1.165) is 50.5 Å². The molecule has 1 aromatic rings. The van der Waals surface area contributed by atoms with E-state index in [2.05, 4.69) is 27.1 Å². The Morgan fingerprint density at radius 1 is 1.33 bits per heavy atom. The SMILES string of the molecule is CN1CCN(c2ccc(NC(=O)[C@H]3CCCO3)cn2)CC1. The fourth-order valence-corrected chi connectivity index (χ4v) is 2.69. The molecular weight excluding hydrogens is 268 g/mol. The van der Waals surface area contributed by atoms with Gasteiger partial charge in [-0.3, -0.25) is 4.79 Å². The maximum atomic E-state index is 12.0. The summed E-state index contributed by atoms with van der Waals surface area (Å²) in [4.78, 5) is 21.0. The summed E-state index contributed by atoms with van der Waals surface area (Å²) in [7, 11) is 2.13. The van der Waals surface area contributed by atoms with Crippen molar-refractivity contribution in [2.75, 3.05) is 50.1 Å². The van der Waals surface area contributed by atoms with E-state index in [9.17, 15) is 4.79 Å². The zero-order valence-corrected chi connectivity index (χ0v) is 12.4. The lowest BCUT2D eigenvalue weighted by Gasteiger charge is -2.33. The first kappa shape index (κ1) is 14.3. The molecule has 0 radical (unpaired) electrons. The van der Waals surface area contributed by atoms with Crippen LogP contribution < -0.4 is 10.2 Å². The first-order valence-corrected chi connectivity index (χ1v) is 7.54. The van der Waals surface area contributed by atoms with E-state index in [1.165, 1.54) is 0 Å². The summed E-state index contributed by atoms with van der Waals surface area (Å²) < 4.78 is 5.37. The van der Waals surface area contributed by atoms with E-state index in [4.69, 9.17) is 4.74 Å². The van der Waals surface area contributed by atoms with Crippen LogP contribution in [0.5, 0.6) is 0 Å². The number of carbonyl (C=O) groups excluding carboxylic acids is 1. The second-order valence-corrected chi connectivity index (χ2v) is 5.69. The maximum absolute atomic E-state index is 12.0. The highest BCUT2D eigenvalue weighted by molar-refractivity contribution is 5.94. The van der Waals surface area contributed by atoms with Crippen LogP contribution in [0.15, 0.2) is 18.3 Å². The predicted octanol–water partition coefficient (Wildman–Crippen LogP) is 0.951. The number of likely N-dealkylation sites (N-methyl/N-ethyl adjacent to an activating group) is 1. The molecular formula is C15H22N4O2. The summed E-state index contributed by atoms with van der Waals surface area (Å²) in [5.74, 6) is 0.903. The summed E-state index contributed by atoms with van der Waals surface area (Å²) in [5, 5.41) is 2.87. The predicted molar refractivity (Wildman–Crippen MR) is 81.6 cm³/mol. The number of aromatic nitrogens is 1. The van der Waals surface area contributed by atoms with Gasteiger partial charge in [0.25, 0.3) is 5.91 Å². The van der Waals surface area contributed by atoms with Gasteiger partial charge in [-0.25, -0.2) is 4.98 Å². The smallest absolute Gasteiger partial charge is 0.253 e. The molecule has 21 heavy (non-hydrogen) atoms. The molecule has 1 amide bonds. The number of pyridine rings is 1. The third kappa shape index (κ3) is 3.51. The Labute approximate surface area is 125 Å². The molecule has 2 aliphatic rings. The second-order valence-electron chi connectivity index (χ2n) is 5.69. The van der Waals surface area contributed by atoms with E-state index in [1.807, 2.05) is 12.1 Å². The van der Waals surface area contributed by atoms with E-state index in [-0.39, 0.29) is 12.0 Å². The molecule has 0 aromatic carbocycles. The summed E-state index contributed by atoms with van der Waals surface area (Å²) in [6, 6.07) is 3.88. The van der Waals surface area contributed by atoms with Gasteiger partial charge in [-0.15, -0.1) is 0 Å². The largest absolute Gasteiger partial charge is 0.368 e. The molecule has 0 aliphatic carbocycles. The van der Waals surface area contributed by atoms with Crippen molar-refractivity contribution >= 4 is 17.4 Å². The highest BCUT2D eigenvalue weighted by Crippen LogP contribution is 2.18. The van der Waals surface area contributed by atoms with Gasteiger partial charge in [-0.1, -0.05) is 0 Å². The fraction of sp³-hybridized carbons (Fsp3) is 0.600. The van der Waals surface area contributed by atoms with Crippen molar-refractivity contribution in [2.45, 2.75) is 18.9 Å². The quantitative estimate of drug-likeness (QED) is 0.898. The van der Waals surface area contributed by atoms with Gasteiger partial charge in [-0.2, -0.15) is 0 Å². The Bertz CT molecular complexity index is 477. The van der Waals surface area contributed by atoms with Crippen LogP contribution in [0.25, 0.3) is 0 Å². The molecule has 1 N–H and O–H groups in total. The van der Waals surface area contributed by atoms with Gasteiger partial charge < -0.3 is 19.9 Å². The van der Waals surface area contributed by atoms with Crippen molar-refractivity contribution in [3.63, 3.8) is 0 Å². The number of nitrogens with zero attached hydrogens (tertiary/aromatic N) is 3. The summed E-state index contributed by atoms with van der Waals surface area (Å²) in [6.07, 6.45) is 3.18. The molecule has 0 bridgehead atoms. The number of amides is 1. The highest BCUT2D eigenvalue weighted by atomic mass is 16.5. The number of anilines is 2. The Morgan fingerprint density at radius 3 is 2.76 bits per heavy atom. The Kier molecular flexibility index (Phi) is 4.36. The minimum absolute atomic E-state index is 0.0679. The van der Waals surface area contributed by atoms with Crippen LogP contribution in [-0.4, -0.2) is 61.7 Å². The number of hydrogen-bond donors (Lipinski definition) is 1. The van der Waals surface area contributed by atoms with Crippen LogP contribution in [0.3, 0.4) is 0 Å². The van der Waals surface area contributed by atoms with Gasteiger partial charge in [0.2, 0.25) is 0 Å². The first-order chi connectivity index (χ1) is 10.2. The maximum Gasteiger partial charge on any atom is 0.253 e. The Morgan fingerprint density at radius 2 is 2.14 bits per heavy atom. The van der Waals surface area contributed by atoms with E-state index in [1.54, 1.807) is 6.20 Å². The minimum atomic E-state index is -0.303. The average Bonchev–Trinajstić information content (AvgIpc) is 3.03. The molecule has 3 heterocycles. The van der Waals surface area contributed by atoms with E-state index >= 15 is 0 Å². The molecule has 2 aliphatic heterocycles. The lowest BCUT2D eigenvalue weighted by atomic mass is 10.2. The molecule has 0 unspecified atom stereocenters. The van der Waals surface area contributed by atoms with Crippen LogP contribution in [-0.2, 0) is 9.53 Å². The number of ether oxygens (including phenoxy) is 1. The fourth-order valence-electron chi connectivity index (χ4n) is 2.69. The summed E-state index contributed by atoms with van der Waals surface area (Å²) in [5.41, 5.74) is 0.730. The number of hydrogen-bond acceptors (Lipinski definition) is 5. The topological polar surface area (TPSA) is 57.7 Å². The van der Waals surface area contributed by atoms with Crippen LogP contribution in [0.2, 0.25) is 0 Å². The lowest BCUT2D eigenvalue weighted by Crippen LogP contribution is -2.44. The Balaban J connectivity index is 1.57. The van der Waals surface area contributed by atoms with Crippen LogP contribution in [0.1, 0.15) is 12.8 Å². The average molecular weight is 290 g/mol. The number of nitrogens with one attached hydrogen (secondary N) is 1. The molecule has 0 spiro atoms. The molecule has 2 saturated heterocycles. The normalized spacial score (nSPS) is 23.3. The third-order valence-corrected chi connectivity index (χ3v) is 4.06. The van der Waals surface area contributed by atoms with Crippen molar-refractivity contribution in [3.8, 4) is 0 Å². The highest BCUT2D eigenvalue weighted by Gasteiger charge is 2.23. The minimum Gasteiger partial charge on any atom is -0.368 e. The van der Waals surface area contributed by atoms with Crippen LogP contribution in [0.4, 0.5) is 11.5 Å². The molecule has 1 aromatic heterocycles. The zero-order chi connectivity index (χ0) is 14.7. The molecule has 6 heteroatoms. The van der Waals surface area contributed by atoms with Gasteiger partial charge >= 0.3 is 0 Å². The number of carbonyl (C=O) groups is 1. The molecule has 0 saturated carbocycles. The van der Waals surface area contributed by atoms with Crippen LogP contribution in [0, 0.1) is 0 Å². The monoisotopic (exact) mass is 290 g/mol. The number of rotatable bonds is 3. The van der Waals surface area contributed by atoms with Crippen LogP contribution >= 0.6 is 0 Å². The van der Waals surface area contributed by atoms with Gasteiger partial charge in [0.15, 0.2) is 0 Å². The van der Waals surface area contributed by atoms with Gasteiger partial charge in [0.1, 0.15) is 11.9 Å². The molecule has 114 valence electrons. The van der Waals surface area contributed by atoms with E-state index in [0.29, 0.717) is 6.61 Å². The molecule has 2 fully saturated rings.